The van der Waals surface area contributed by atoms with Crippen molar-refractivity contribution < 1.29 is 32.4 Å². The van der Waals surface area contributed by atoms with Crippen molar-refractivity contribution in [3.63, 3.8) is 0 Å². The molecule has 2 heterocycles. The maximum atomic E-state index is 13.3. The van der Waals surface area contributed by atoms with Gasteiger partial charge in [-0.05, 0) is 50.8 Å². The van der Waals surface area contributed by atoms with Crippen molar-refractivity contribution in [3.05, 3.63) is 52.1 Å². The number of nitrogens with zero attached hydrogens (tertiary/aromatic N) is 4. The number of halogens is 3. The highest BCUT2D eigenvalue weighted by Gasteiger charge is 2.38. The Kier molecular flexibility index (Phi) is 8.42. The standard InChI is InChI=1S/C25H30F3N5O5/c1-2-37-24(34)32-14-12-31(13-15-32)22-4-3-5-23(30-22)38-19-9-6-17(7-10-19)29-18-8-11-21(33(35)36)20(16-18)25(26,27)28/h3-5,8,11,16-17,19,29H,2,6-7,9-10,12-15H2,1H3/t17-,19-. The first-order valence-corrected chi connectivity index (χ1v) is 12.6. The molecule has 0 unspecified atom stereocenters. The number of aromatic nitrogens is 1. The van der Waals surface area contributed by atoms with Gasteiger partial charge in [-0.25, -0.2) is 4.79 Å². The second kappa shape index (κ2) is 11.7. The Morgan fingerprint density at radius 2 is 1.84 bits per heavy atom. The number of hydrogen-bond acceptors (Lipinski definition) is 8. The molecule has 1 amide bonds. The number of nitrogens with one attached hydrogen (secondary N) is 1. The third-order valence-corrected chi connectivity index (χ3v) is 6.67. The molecule has 38 heavy (non-hydrogen) atoms. The molecule has 2 fully saturated rings. The number of piperazine rings is 1. The maximum Gasteiger partial charge on any atom is 0.423 e. The van der Waals surface area contributed by atoms with Gasteiger partial charge in [-0.3, -0.25) is 10.1 Å². The SMILES string of the molecule is CCOC(=O)N1CCN(c2cccc(O[C@H]3CC[C@H](Nc4ccc([N+](=O)[O-])c(C(F)(F)F)c4)CC3)n2)CC1. The number of carbonyl (C=O) groups excluding carboxylic acids is 1. The number of nitro benzene ring substituents is 1. The van der Waals surface area contributed by atoms with Crippen molar-refractivity contribution in [2.75, 3.05) is 43.0 Å². The van der Waals surface area contributed by atoms with Crippen molar-refractivity contribution in [1.29, 1.82) is 0 Å². The predicted octanol–water partition coefficient (Wildman–Crippen LogP) is 5.09. The molecule has 1 aliphatic carbocycles. The lowest BCUT2D eigenvalue weighted by Gasteiger charge is -2.35. The largest absolute Gasteiger partial charge is 0.474 e. The van der Waals surface area contributed by atoms with Gasteiger partial charge in [-0.15, -0.1) is 0 Å². The molecule has 10 nitrogen and oxygen atoms in total. The molecule has 1 N–H and O–H groups in total. The summed E-state index contributed by atoms with van der Waals surface area (Å²) in [6.07, 6.45) is -2.52. The van der Waals surface area contributed by atoms with Crippen LogP contribution in [-0.4, -0.2) is 65.8 Å². The molecule has 2 aliphatic rings. The Balaban J connectivity index is 1.29. The maximum absolute atomic E-state index is 13.3. The number of rotatable bonds is 7. The van der Waals surface area contributed by atoms with Crippen LogP contribution in [0.4, 0.5) is 35.2 Å². The molecule has 13 heteroatoms. The molecule has 1 saturated heterocycles. The zero-order valence-electron chi connectivity index (χ0n) is 20.9. The summed E-state index contributed by atoms with van der Waals surface area (Å²) < 4.78 is 51.0. The fourth-order valence-electron chi connectivity index (χ4n) is 4.72. The van der Waals surface area contributed by atoms with Crippen molar-refractivity contribution in [1.82, 2.24) is 9.88 Å². The number of ether oxygens (including phenoxy) is 2. The third-order valence-electron chi connectivity index (χ3n) is 6.67. The average molecular weight is 538 g/mol. The van der Waals surface area contributed by atoms with Gasteiger partial charge < -0.3 is 24.6 Å². The van der Waals surface area contributed by atoms with Crippen LogP contribution in [0.1, 0.15) is 38.2 Å². The zero-order valence-corrected chi connectivity index (χ0v) is 20.9. The van der Waals surface area contributed by atoms with E-state index in [1.165, 1.54) is 6.07 Å². The summed E-state index contributed by atoms with van der Waals surface area (Å²) in [6, 6.07) is 8.46. The van der Waals surface area contributed by atoms with E-state index in [9.17, 15) is 28.1 Å². The van der Waals surface area contributed by atoms with Crippen LogP contribution in [0.15, 0.2) is 36.4 Å². The number of carbonyl (C=O) groups is 1. The summed E-state index contributed by atoms with van der Waals surface area (Å²) in [5, 5.41) is 14.0. The minimum absolute atomic E-state index is 0.0765. The topological polar surface area (TPSA) is 110 Å². The van der Waals surface area contributed by atoms with Gasteiger partial charge in [0.25, 0.3) is 5.69 Å². The van der Waals surface area contributed by atoms with Gasteiger partial charge in [-0.2, -0.15) is 18.2 Å². The van der Waals surface area contributed by atoms with Gasteiger partial charge in [0, 0.05) is 50.0 Å². The summed E-state index contributed by atoms with van der Waals surface area (Å²) in [7, 11) is 0. The van der Waals surface area contributed by atoms with E-state index in [4.69, 9.17) is 9.47 Å². The summed E-state index contributed by atoms with van der Waals surface area (Å²) in [4.78, 5) is 30.2. The Morgan fingerprint density at radius 3 is 2.47 bits per heavy atom. The van der Waals surface area contributed by atoms with Crippen LogP contribution in [0.25, 0.3) is 0 Å². The summed E-state index contributed by atoms with van der Waals surface area (Å²) in [5.74, 6) is 1.26. The van der Waals surface area contributed by atoms with E-state index in [0.29, 0.717) is 64.3 Å². The van der Waals surface area contributed by atoms with Gasteiger partial charge in [-0.1, -0.05) is 6.07 Å². The van der Waals surface area contributed by atoms with E-state index in [0.717, 1.165) is 18.0 Å². The van der Waals surface area contributed by atoms with E-state index in [1.807, 2.05) is 12.1 Å². The number of alkyl halides is 3. The number of nitro groups is 1. The molecule has 1 aliphatic heterocycles. The highest BCUT2D eigenvalue weighted by molar-refractivity contribution is 5.68. The molecule has 1 saturated carbocycles. The molecule has 1 aromatic heterocycles. The third kappa shape index (κ3) is 6.75. The van der Waals surface area contributed by atoms with Gasteiger partial charge in [0.05, 0.1) is 11.5 Å². The van der Waals surface area contributed by atoms with Crippen LogP contribution < -0.4 is 15.0 Å². The Bertz CT molecular complexity index is 1130. The second-order valence-corrected chi connectivity index (χ2v) is 9.23. The van der Waals surface area contributed by atoms with Crippen LogP contribution in [0.2, 0.25) is 0 Å². The first-order valence-electron chi connectivity index (χ1n) is 12.6. The number of pyridine rings is 1. The van der Waals surface area contributed by atoms with Crippen LogP contribution >= 0.6 is 0 Å². The summed E-state index contributed by atoms with van der Waals surface area (Å²) >= 11 is 0. The summed E-state index contributed by atoms with van der Waals surface area (Å²) in [5.41, 5.74) is -2.03. The minimum Gasteiger partial charge on any atom is -0.474 e. The number of hydrogen-bond donors (Lipinski definition) is 1. The Hall–Kier alpha value is -3.77. The highest BCUT2D eigenvalue weighted by Crippen LogP contribution is 2.38. The van der Waals surface area contributed by atoms with Crippen LogP contribution in [-0.2, 0) is 10.9 Å². The quantitative estimate of drug-likeness (QED) is 0.384. The minimum atomic E-state index is -4.82. The first-order chi connectivity index (χ1) is 18.1. The summed E-state index contributed by atoms with van der Waals surface area (Å²) in [6.45, 7) is 4.46. The van der Waals surface area contributed by atoms with Crippen molar-refractivity contribution in [3.8, 4) is 5.88 Å². The van der Waals surface area contributed by atoms with Crippen LogP contribution in [0, 0.1) is 10.1 Å². The fraction of sp³-hybridized carbons (Fsp3) is 0.520. The molecular weight excluding hydrogens is 507 g/mol. The fourth-order valence-corrected chi connectivity index (χ4v) is 4.72. The molecule has 1 aromatic carbocycles. The molecule has 0 bridgehead atoms. The smallest absolute Gasteiger partial charge is 0.423 e. The molecule has 206 valence electrons. The first kappa shape index (κ1) is 27.3. The van der Waals surface area contributed by atoms with Gasteiger partial charge in [0.15, 0.2) is 0 Å². The van der Waals surface area contributed by atoms with Crippen molar-refractivity contribution >= 4 is 23.3 Å². The predicted molar refractivity (Wildman–Crippen MR) is 133 cm³/mol. The van der Waals surface area contributed by atoms with Crippen LogP contribution in [0.3, 0.4) is 0 Å². The highest BCUT2D eigenvalue weighted by atomic mass is 19.4. The van der Waals surface area contributed by atoms with E-state index in [2.05, 4.69) is 15.2 Å². The molecule has 0 radical (unpaired) electrons. The Labute approximate surface area is 217 Å². The normalized spacial score (nSPS) is 20.1. The van der Waals surface area contributed by atoms with Gasteiger partial charge in [0.2, 0.25) is 5.88 Å². The zero-order chi connectivity index (χ0) is 27.3. The number of anilines is 2. The van der Waals surface area contributed by atoms with E-state index in [1.54, 1.807) is 17.9 Å². The Morgan fingerprint density at radius 1 is 1.13 bits per heavy atom. The van der Waals surface area contributed by atoms with Crippen molar-refractivity contribution in [2.45, 2.75) is 50.9 Å². The van der Waals surface area contributed by atoms with E-state index >= 15 is 0 Å². The second-order valence-electron chi connectivity index (χ2n) is 9.23. The van der Waals surface area contributed by atoms with E-state index in [-0.39, 0.29) is 23.9 Å². The van der Waals surface area contributed by atoms with Gasteiger partial charge >= 0.3 is 12.3 Å². The monoisotopic (exact) mass is 537 g/mol. The number of amides is 1. The molecule has 2 aromatic rings. The molecule has 0 atom stereocenters. The lowest BCUT2D eigenvalue weighted by atomic mass is 9.92. The average Bonchev–Trinajstić information content (AvgIpc) is 2.89. The lowest BCUT2D eigenvalue weighted by molar-refractivity contribution is -0.388. The van der Waals surface area contributed by atoms with E-state index < -0.39 is 22.4 Å². The van der Waals surface area contributed by atoms with Crippen LogP contribution in [0.5, 0.6) is 5.88 Å². The lowest BCUT2D eigenvalue weighted by Crippen LogP contribution is -2.49. The molecule has 0 spiro atoms. The van der Waals surface area contributed by atoms with Crippen molar-refractivity contribution in [2.24, 2.45) is 0 Å². The molecular formula is C25H30F3N5O5. The number of benzene rings is 1. The van der Waals surface area contributed by atoms with Gasteiger partial charge in [0.1, 0.15) is 17.5 Å². The molecule has 4 rings (SSSR count).